The highest BCUT2D eigenvalue weighted by Crippen LogP contribution is 2.33. The molecule has 3 rings (SSSR count). The van der Waals surface area contributed by atoms with Gasteiger partial charge in [0.25, 0.3) is 0 Å². The lowest BCUT2D eigenvalue weighted by molar-refractivity contribution is -0.134. The first-order chi connectivity index (χ1) is 11.6. The summed E-state index contributed by atoms with van der Waals surface area (Å²) in [6.07, 6.45) is 6.10. The fourth-order valence-electron chi connectivity index (χ4n) is 4.54. The second kappa shape index (κ2) is 7.72. The lowest BCUT2D eigenvalue weighted by atomic mass is 9.85. The number of amides is 3. The lowest BCUT2D eigenvalue weighted by Gasteiger charge is -2.38. The van der Waals surface area contributed by atoms with E-state index in [1.807, 2.05) is 28.5 Å². The van der Waals surface area contributed by atoms with E-state index in [1.54, 1.807) is 0 Å². The Kier molecular flexibility index (Phi) is 5.64. The molecule has 3 fully saturated rings. The molecule has 0 aromatic carbocycles. The van der Waals surface area contributed by atoms with Crippen molar-refractivity contribution >= 4 is 11.9 Å². The van der Waals surface area contributed by atoms with Crippen LogP contribution >= 0.6 is 0 Å². The molecule has 1 saturated carbocycles. The summed E-state index contributed by atoms with van der Waals surface area (Å²) < 4.78 is 0. The third kappa shape index (κ3) is 3.53. The minimum absolute atomic E-state index is 0.00290. The molecule has 0 radical (unpaired) electrons. The molecule has 1 aliphatic carbocycles. The van der Waals surface area contributed by atoms with Crippen molar-refractivity contribution in [3.63, 3.8) is 0 Å². The molecule has 2 heterocycles. The average Bonchev–Trinajstić information content (AvgIpc) is 3.06. The van der Waals surface area contributed by atoms with E-state index < -0.39 is 0 Å². The zero-order chi connectivity index (χ0) is 17.1. The van der Waals surface area contributed by atoms with Crippen molar-refractivity contribution in [1.82, 2.24) is 20.0 Å². The van der Waals surface area contributed by atoms with Crippen LogP contribution in [0.1, 0.15) is 46.0 Å². The Morgan fingerprint density at radius 3 is 2.25 bits per heavy atom. The number of carbonyl (C=O) groups is 2. The average molecular weight is 336 g/mol. The van der Waals surface area contributed by atoms with Gasteiger partial charge < -0.3 is 20.0 Å². The molecule has 0 spiro atoms. The second-order valence-electron chi connectivity index (χ2n) is 7.37. The summed E-state index contributed by atoms with van der Waals surface area (Å²) in [5.41, 5.74) is 0. The summed E-state index contributed by atoms with van der Waals surface area (Å²) in [6, 6.07) is 0.665. The van der Waals surface area contributed by atoms with Crippen LogP contribution < -0.4 is 5.32 Å². The fourth-order valence-corrected chi connectivity index (χ4v) is 4.54. The molecule has 6 nitrogen and oxygen atoms in total. The molecule has 2 aliphatic heterocycles. The van der Waals surface area contributed by atoms with Gasteiger partial charge in [-0.3, -0.25) is 4.79 Å². The number of piperazine rings is 1. The maximum absolute atomic E-state index is 12.8. The molecule has 3 unspecified atom stereocenters. The van der Waals surface area contributed by atoms with Gasteiger partial charge in [0.2, 0.25) is 5.91 Å². The molecule has 3 amide bonds. The van der Waals surface area contributed by atoms with Gasteiger partial charge in [0.1, 0.15) is 0 Å². The van der Waals surface area contributed by atoms with Crippen molar-refractivity contribution in [3.8, 4) is 0 Å². The summed E-state index contributed by atoms with van der Waals surface area (Å²) in [4.78, 5) is 30.9. The second-order valence-corrected chi connectivity index (χ2v) is 7.37. The zero-order valence-electron chi connectivity index (χ0n) is 15.2. The van der Waals surface area contributed by atoms with Crippen LogP contribution in [-0.4, -0.2) is 78.0 Å². The van der Waals surface area contributed by atoms with E-state index in [2.05, 4.69) is 5.32 Å². The topological polar surface area (TPSA) is 55.9 Å². The van der Waals surface area contributed by atoms with E-state index >= 15 is 0 Å². The first kappa shape index (κ1) is 17.5. The highest BCUT2D eigenvalue weighted by molar-refractivity contribution is 5.83. The summed E-state index contributed by atoms with van der Waals surface area (Å²) in [6.45, 7) is 8.13. The predicted octanol–water partition coefficient (Wildman–Crippen LogP) is 1.51. The van der Waals surface area contributed by atoms with E-state index in [0.29, 0.717) is 38.1 Å². The highest BCUT2D eigenvalue weighted by atomic mass is 16.2. The molecule has 0 aromatic rings. The van der Waals surface area contributed by atoms with Crippen molar-refractivity contribution in [2.75, 3.05) is 39.3 Å². The summed E-state index contributed by atoms with van der Waals surface area (Å²) in [5.74, 6) is 0.942. The van der Waals surface area contributed by atoms with Gasteiger partial charge in [0, 0.05) is 45.3 Å². The van der Waals surface area contributed by atoms with Gasteiger partial charge in [0.15, 0.2) is 0 Å². The monoisotopic (exact) mass is 336 g/mol. The Labute approximate surface area is 145 Å². The van der Waals surface area contributed by atoms with Gasteiger partial charge >= 0.3 is 6.03 Å². The number of rotatable bonds is 3. The maximum atomic E-state index is 12.8. The number of hydrogen-bond acceptors (Lipinski definition) is 3. The molecule has 3 atom stereocenters. The van der Waals surface area contributed by atoms with Crippen molar-refractivity contribution < 1.29 is 9.59 Å². The Morgan fingerprint density at radius 2 is 1.62 bits per heavy atom. The van der Waals surface area contributed by atoms with E-state index in [4.69, 9.17) is 0 Å². The van der Waals surface area contributed by atoms with Crippen LogP contribution in [0.2, 0.25) is 0 Å². The highest BCUT2D eigenvalue weighted by Gasteiger charge is 2.40. The van der Waals surface area contributed by atoms with Gasteiger partial charge in [-0.05, 0) is 39.0 Å². The van der Waals surface area contributed by atoms with Crippen LogP contribution in [0, 0.1) is 5.92 Å². The molecule has 136 valence electrons. The minimum atomic E-state index is 0.00290. The SMILES string of the molecule is CCN(CC)C(=O)N1CCN(C(=O)C2CC3CCCCC3N2)CC1. The van der Waals surface area contributed by atoms with E-state index in [9.17, 15) is 9.59 Å². The van der Waals surface area contributed by atoms with Crippen LogP contribution in [0.15, 0.2) is 0 Å². The summed E-state index contributed by atoms with van der Waals surface area (Å²) in [5, 5.41) is 3.58. The van der Waals surface area contributed by atoms with Gasteiger partial charge in [-0.1, -0.05) is 12.8 Å². The molecule has 24 heavy (non-hydrogen) atoms. The Morgan fingerprint density at radius 1 is 1.00 bits per heavy atom. The molecule has 6 heteroatoms. The smallest absolute Gasteiger partial charge is 0.320 e. The molecular weight excluding hydrogens is 304 g/mol. The first-order valence-corrected chi connectivity index (χ1v) is 9.72. The van der Waals surface area contributed by atoms with Crippen molar-refractivity contribution in [1.29, 1.82) is 0 Å². The van der Waals surface area contributed by atoms with Crippen molar-refractivity contribution in [2.45, 2.75) is 58.0 Å². The first-order valence-electron chi connectivity index (χ1n) is 9.72. The van der Waals surface area contributed by atoms with Gasteiger partial charge in [0.05, 0.1) is 6.04 Å². The number of nitrogens with one attached hydrogen (secondary N) is 1. The van der Waals surface area contributed by atoms with Gasteiger partial charge in [-0.25, -0.2) is 4.79 Å². The summed E-state index contributed by atoms with van der Waals surface area (Å²) >= 11 is 0. The number of fused-ring (bicyclic) bond motifs is 1. The number of carbonyl (C=O) groups excluding carboxylic acids is 2. The predicted molar refractivity (Wildman–Crippen MR) is 93.8 cm³/mol. The Balaban J connectivity index is 1.49. The fraction of sp³-hybridized carbons (Fsp3) is 0.889. The Hall–Kier alpha value is -1.30. The van der Waals surface area contributed by atoms with Crippen molar-refractivity contribution in [3.05, 3.63) is 0 Å². The third-order valence-corrected chi connectivity index (χ3v) is 6.06. The zero-order valence-corrected chi connectivity index (χ0v) is 15.2. The molecule has 3 aliphatic rings. The third-order valence-electron chi connectivity index (χ3n) is 6.06. The quantitative estimate of drug-likeness (QED) is 0.850. The molecule has 2 saturated heterocycles. The Bertz CT molecular complexity index is 444. The van der Waals surface area contributed by atoms with Crippen molar-refractivity contribution in [2.24, 2.45) is 5.92 Å². The van der Waals surface area contributed by atoms with Crippen LogP contribution in [0.3, 0.4) is 0 Å². The van der Waals surface area contributed by atoms with Crippen LogP contribution in [0.4, 0.5) is 4.79 Å². The normalized spacial score (nSPS) is 30.2. The maximum Gasteiger partial charge on any atom is 0.320 e. The summed E-state index contributed by atoms with van der Waals surface area (Å²) in [7, 11) is 0. The molecule has 0 bridgehead atoms. The van der Waals surface area contributed by atoms with E-state index in [-0.39, 0.29) is 18.0 Å². The van der Waals surface area contributed by atoms with Crippen LogP contribution in [0.5, 0.6) is 0 Å². The van der Waals surface area contributed by atoms with Gasteiger partial charge in [-0.15, -0.1) is 0 Å². The van der Waals surface area contributed by atoms with Crippen LogP contribution in [-0.2, 0) is 4.79 Å². The number of hydrogen-bond donors (Lipinski definition) is 1. The van der Waals surface area contributed by atoms with Gasteiger partial charge in [-0.2, -0.15) is 0 Å². The molecule has 0 aromatic heterocycles. The standard InChI is InChI=1S/C18H32N4O2/c1-3-20(4-2)18(24)22-11-9-21(10-12-22)17(23)16-13-14-7-5-6-8-15(14)19-16/h14-16,19H,3-13H2,1-2H3. The van der Waals surface area contributed by atoms with E-state index in [0.717, 1.165) is 19.5 Å². The van der Waals surface area contributed by atoms with E-state index in [1.165, 1.54) is 25.7 Å². The van der Waals surface area contributed by atoms with Crippen LogP contribution in [0.25, 0.3) is 0 Å². The molecular formula is C18H32N4O2. The molecule has 1 N–H and O–H groups in total. The minimum Gasteiger partial charge on any atom is -0.338 e. The number of nitrogens with zero attached hydrogens (tertiary/aromatic N) is 3. The lowest BCUT2D eigenvalue weighted by Crippen LogP contribution is -2.56. The number of urea groups is 1. The largest absolute Gasteiger partial charge is 0.338 e.